The lowest BCUT2D eigenvalue weighted by atomic mass is 10.1. The van der Waals surface area contributed by atoms with E-state index in [4.69, 9.17) is 0 Å². The van der Waals surface area contributed by atoms with Crippen molar-refractivity contribution in [2.45, 2.75) is 13.8 Å². The predicted octanol–water partition coefficient (Wildman–Crippen LogP) is 1.24. The van der Waals surface area contributed by atoms with Crippen LogP contribution in [0.4, 0.5) is 0 Å². The van der Waals surface area contributed by atoms with Gasteiger partial charge in [-0.1, -0.05) is 28.8 Å². The van der Waals surface area contributed by atoms with Crippen LogP contribution < -0.4 is 9.62 Å². The minimum atomic E-state index is -0.276. The second kappa shape index (κ2) is 4.49. The Morgan fingerprint density at radius 2 is 1.86 bits per heavy atom. The van der Waals surface area contributed by atoms with Gasteiger partial charge in [0.15, 0.2) is 0 Å². The molecule has 0 bridgehead atoms. The summed E-state index contributed by atoms with van der Waals surface area (Å²) in [6.07, 6.45) is 0. The summed E-state index contributed by atoms with van der Waals surface area (Å²) < 4.78 is 1.62. The van der Waals surface area contributed by atoms with Crippen molar-refractivity contribution in [3.8, 4) is 11.6 Å². The first-order chi connectivity index (χ1) is 10.6. The third kappa shape index (κ3) is 1.81. The zero-order valence-electron chi connectivity index (χ0n) is 12.2. The van der Waals surface area contributed by atoms with Crippen LogP contribution in [-0.2, 0) is 0 Å². The fourth-order valence-electron chi connectivity index (χ4n) is 2.71. The standard InChI is InChI=1S/C16H13N5O/c1-10-8-11(2)14-13(9-10)15(22)17-16-18-21(19-20(14)16)12-6-4-3-5-7-12/h3-9H,1-2H3. The number of aromatic nitrogens is 5. The van der Waals surface area contributed by atoms with Gasteiger partial charge in [-0.25, -0.2) is 0 Å². The van der Waals surface area contributed by atoms with Gasteiger partial charge in [0, 0.05) is 10.6 Å². The van der Waals surface area contributed by atoms with Crippen molar-refractivity contribution >= 4 is 16.7 Å². The van der Waals surface area contributed by atoms with Crippen molar-refractivity contribution in [3.05, 3.63) is 53.6 Å². The molecule has 0 N–H and O–H groups in total. The molecule has 0 fully saturated rings. The monoisotopic (exact) mass is 291 g/mol. The predicted molar refractivity (Wildman–Crippen MR) is 78.7 cm³/mol. The number of aryl methyl sites for hydroxylation is 2. The summed E-state index contributed by atoms with van der Waals surface area (Å²) in [6, 6.07) is 13.4. The van der Waals surface area contributed by atoms with Crippen LogP contribution in [-0.4, -0.2) is 20.1 Å². The molecule has 0 spiro atoms. The minimum Gasteiger partial charge on any atom is -0.849 e. The van der Waals surface area contributed by atoms with Crippen molar-refractivity contribution in [2.75, 3.05) is 0 Å². The highest BCUT2D eigenvalue weighted by molar-refractivity contribution is 5.84. The number of para-hydroxylation sites is 1. The number of benzene rings is 2. The molecule has 0 saturated carbocycles. The van der Waals surface area contributed by atoms with Gasteiger partial charge in [0.25, 0.3) is 0 Å². The van der Waals surface area contributed by atoms with Gasteiger partial charge >= 0.3 is 5.78 Å². The van der Waals surface area contributed by atoms with Crippen LogP contribution in [0, 0.1) is 13.8 Å². The molecule has 0 aliphatic rings. The van der Waals surface area contributed by atoms with Crippen LogP contribution in [0.5, 0.6) is 5.88 Å². The van der Waals surface area contributed by atoms with Crippen LogP contribution in [0.25, 0.3) is 22.4 Å². The fourth-order valence-corrected chi connectivity index (χ4v) is 2.71. The van der Waals surface area contributed by atoms with Crippen molar-refractivity contribution in [1.29, 1.82) is 0 Å². The number of hydrogen-bond acceptors (Lipinski definition) is 4. The minimum absolute atomic E-state index is 0.276. The molecule has 0 radical (unpaired) electrons. The highest BCUT2D eigenvalue weighted by atomic mass is 16.3. The molecule has 0 saturated heterocycles. The summed E-state index contributed by atoms with van der Waals surface area (Å²) in [4.78, 5) is 5.53. The lowest BCUT2D eigenvalue weighted by Crippen LogP contribution is -2.28. The Bertz CT molecular complexity index is 1010. The Labute approximate surface area is 126 Å². The molecule has 0 amide bonds. The Morgan fingerprint density at radius 1 is 1.09 bits per heavy atom. The van der Waals surface area contributed by atoms with Gasteiger partial charge in [-0.2, -0.15) is 0 Å². The van der Waals surface area contributed by atoms with Gasteiger partial charge in [0.1, 0.15) is 11.2 Å². The number of fused-ring (bicyclic) bond motifs is 3. The molecule has 22 heavy (non-hydrogen) atoms. The van der Waals surface area contributed by atoms with Crippen LogP contribution in [0.1, 0.15) is 11.1 Å². The molecule has 108 valence electrons. The zero-order chi connectivity index (χ0) is 15.3. The average molecular weight is 291 g/mol. The van der Waals surface area contributed by atoms with Crippen molar-refractivity contribution < 1.29 is 9.62 Å². The smallest absolute Gasteiger partial charge is 0.439 e. The molecule has 4 rings (SSSR count). The number of hydrogen-bond donors (Lipinski definition) is 0. The van der Waals surface area contributed by atoms with Gasteiger partial charge in [0.05, 0.1) is 11.0 Å². The molecule has 2 aromatic heterocycles. The lowest BCUT2D eigenvalue weighted by Gasteiger charge is -2.07. The molecule has 6 nitrogen and oxygen atoms in total. The summed E-state index contributed by atoms with van der Waals surface area (Å²) in [5.41, 5.74) is 3.57. The summed E-state index contributed by atoms with van der Waals surface area (Å²) in [5.74, 6) is 0.0233. The quantitative estimate of drug-likeness (QED) is 0.495. The molecular formula is C16H13N5O. The third-order valence-electron chi connectivity index (χ3n) is 3.62. The van der Waals surface area contributed by atoms with E-state index < -0.39 is 0 Å². The molecule has 0 unspecified atom stereocenters. The maximum absolute atomic E-state index is 12.2. The Balaban J connectivity index is 2.10. The van der Waals surface area contributed by atoms with Crippen LogP contribution in [0.2, 0.25) is 0 Å². The summed E-state index contributed by atoms with van der Waals surface area (Å²) in [6.45, 7) is 3.92. The molecule has 4 aromatic rings. The maximum atomic E-state index is 12.2. The molecule has 0 atom stereocenters. The van der Waals surface area contributed by atoms with E-state index >= 15 is 0 Å². The largest absolute Gasteiger partial charge is 0.849 e. The average Bonchev–Trinajstić information content (AvgIpc) is 2.91. The zero-order valence-corrected chi connectivity index (χ0v) is 12.2. The third-order valence-corrected chi connectivity index (χ3v) is 3.62. The Kier molecular flexibility index (Phi) is 2.59. The number of nitrogens with zero attached hydrogens (tertiary/aromatic N) is 5. The topological polar surface area (TPSA) is 70.8 Å². The summed E-state index contributed by atoms with van der Waals surface area (Å²) in [5, 5.41) is 21.6. The molecule has 2 aromatic carbocycles. The number of tetrazole rings is 1. The molecular weight excluding hydrogens is 278 g/mol. The molecule has 0 aliphatic carbocycles. The van der Waals surface area contributed by atoms with E-state index in [1.54, 1.807) is 4.52 Å². The highest BCUT2D eigenvalue weighted by Gasteiger charge is 2.19. The first-order valence-electron chi connectivity index (χ1n) is 6.96. The first-order valence-corrected chi connectivity index (χ1v) is 6.96. The molecule has 6 heteroatoms. The van der Waals surface area contributed by atoms with E-state index in [0.717, 1.165) is 22.3 Å². The van der Waals surface area contributed by atoms with E-state index in [1.165, 1.54) is 4.80 Å². The van der Waals surface area contributed by atoms with Gasteiger partial charge in [-0.05, 0) is 48.0 Å². The normalized spacial score (nSPS) is 11.4. The van der Waals surface area contributed by atoms with Crippen molar-refractivity contribution in [3.63, 3.8) is 0 Å². The van der Waals surface area contributed by atoms with Crippen LogP contribution >= 0.6 is 0 Å². The second-order valence-corrected chi connectivity index (χ2v) is 5.32. The van der Waals surface area contributed by atoms with Gasteiger partial charge in [0.2, 0.25) is 0 Å². The highest BCUT2D eigenvalue weighted by Crippen LogP contribution is 2.22. The van der Waals surface area contributed by atoms with E-state index in [2.05, 4.69) is 15.3 Å². The van der Waals surface area contributed by atoms with Crippen molar-refractivity contribution in [1.82, 2.24) is 20.1 Å². The number of rotatable bonds is 1. The van der Waals surface area contributed by atoms with E-state index in [0.29, 0.717) is 11.2 Å². The lowest BCUT2D eigenvalue weighted by molar-refractivity contribution is -0.559. The molecule has 2 heterocycles. The summed E-state index contributed by atoms with van der Waals surface area (Å²) >= 11 is 0. The SMILES string of the molecule is Cc1cc(C)c2c(c1)c([O-])nc1nn(-c3ccccc3)n[n+]12. The summed E-state index contributed by atoms with van der Waals surface area (Å²) in [7, 11) is 0. The van der Waals surface area contributed by atoms with Crippen LogP contribution in [0.15, 0.2) is 42.5 Å². The fraction of sp³-hybridized carbons (Fsp3) is 0.125. The van der Waals surface area contributed by atoms with Gasteiger partial charge in [-0.15, -0.1) is 4.98 Å². The van der Waals surface area contributed by atoms with Gasteiger partial charge in [-0.3, -0.25) is 0 Å². The second-order valence-electron chi connectivity index (χ2n) is 5.32. The molecule has 0 aliphatic heterocycles. The first kappa shape index (κ1) is 12.7. The van der Waals surface area contributed by atoms with Gasteiger partial charge < -0.3 is 5.11 Å². The maximum Gasteiger partial charge on any atom is 0.439 e. The Hall–Kier alpha value is -3.02. The van der Waals surface area contributed by atoms with Crippen molar-refractivity contribution in [2.24, 2.45) is 0 Å². The van der Waals surface area contributed by atoms with Crippen LogP contribution in [0.3, 0.4) is 0 Å². The van der Waals surface area contributed by atoms with E-state index in [1.807, 2.05) is 56.3 Å². The van der Waals surface area contributed by atoms with E-state index in [9.17, 15) is 5.11 Å². The van der Waals surface area contributed by atoms with E-state index in [-0.39, 0.29) is 5.88 Å². The Morgan fingerprint density at radius 3 is 2.64 bits per heavy atom.